The molecule has 2 heterocycles. The Balaban J connectivity index is 1.84. The third kappa shape index (κ3) is 6.74. The summed E-state index contributed by atoms with van der Waals surface area (Å²) in [6, 6.07) is -1.85. The zero-order chi connectivity index (χ0) is 25.8. The van der Waals surface area contributed by atoms with Gasteiger partial charge in [-0.3, -0.25) is 9.59 Å². The number of hydrogen-bond donors (Lipinski definition) is 3. The van der Waals surface area contributed by atoms with E-state index in [1.54, 1.807) is 27.7 Å². The third-order valence-corrected chi connectivity index (χ3v) is 6.59. The Morgan fingerprint density at radius 2 is 2.00 bits per heavy atom. The molecule has 0 aromatic carbocycles. The highest BCUT2D eigenvalue weighted by Gasteiger charge is 2.62. The summed E-state index contributed by atoms with van der Waals surface area (Å²) in [5.41, 5.74) is -1.88. The highest BCUT2D eigenvalue weighted by molar-refractivity contribution is 5.96. The second-order valence-electron chi connectivity index (χ2n) is 10.7. The van der Waals surface area contributed by atoms with Gasteiger partial charge in [-0.15, -0.1) is 0 Å². The molecule has 0 spiro atoms. The predicted molar refractivity (Wildman–Crippen MR) is 127 cm³/mol. The van der Waals surface area contributed by atoms with E-state index in [1.807, 2.05) is 12.2 Å². The maximum absolute atomic E-state index is 13.5. The Kier molecular flexibility index (Phi) is 8.46. The fraction of sp³-hybridized carbons (Fsp3) is 0.760. The molecule has 10 nitrogen and oxygen atoms in total. The van der Waals surface area contributed by atoms with E-state index in [-0.39, 0.29) is 25.5 Å². The molecule has 35 heavy (non-hydrogen) atoms. The number of esters is 1. The standard InChI is InChI=1S/C25H39N3O7/c1-5-34-22(32)25-14-16(25)11-9-7-6-8-10-12-18(26-23(33)35-24(2,3)4)21(31)28-15-17(29)13-19(28)20(30)27-25/h9,11,16-19,29H,5-8,10,12-15H2,1-4H3,(H,26,33)(H,27,30)/b11-9-/t16-,17-,18+,19?,25-/m1/s1. The van der Waals surface area contributed by atoms with Crippen molar-refractivity contribution in [1.82, 2.24) is 15.5 Å². The first-order chi connectivity index (χ1) is 16.5. The average Bonchev–Trinajstić information content (AvgIpc) is 3.30. The van der Waals surface area contributed by atoms with E-state index in [2.05, 4.69) is 10.6 Å². The number of fused-ring (bicyclic) bond motifs is 2. The van der Waals surface area contributed by atoms with Crippen molar-refractivity contribution in [2.45, 2.75) is 102 Å². The normalized spacial score (nSPS) is 32.8. The van der Waals surface area contributed by atoms with Gasteiger partial charge in [0, 0.05) is 18.9 Å². The molecule has 196 valence electrons. The van der Waals surface area contributed by atoms with Crippen LogP contribution in [0.5, 0.6) is 0 Å². The van der Waals surface area contributed by atoms with Crippen molar-refractivity contribution in [2.24, 2.45) is 5.92 Å². The lowest BCUT2D eigenvalue weighted by Gasteiger charge is -2.30. The van der Waals surface area contributed by atoms with Gasteiger partial charge in [0.25, 0.3) is 0 Å². The van der Waals surface area contributed by atoms with Gasteiger partial charge in [-0.2, -0.15) is 0 Å². The number of hydrogen-bond acceptors (Lipinski definition) is 7. The van der Waals surface area contributed by atoms with Crippen LogP contribution in [0.1, 0.15) is 72.6 Å². The molecule has 3 aliphatic rings. The maximum Gasteiger partial charge on any atom is 0.408 e. The van der Waals surface area contributed by atoms with Crippen LogP contribution in [0, 0.1) is 5.92 Å². The molecule has 3 amide bonds. The zero-order valence-electron chi connectivity index (χ0n) is 21.2. The number of carbonyl (C=O) groups is 4. The molecule has 5 atom stereocenters. The molecule has 1 saturated carbocycles. The number of ether oxygens (including phenoxy) is 2. The summed E-state index contributed by atoms with van der Waals surface area (Å²) >= 11 is 0. The number of rotatable bonds is 3. The molecule has 2 fully saturated rings. The lowest BCUT2D eigenvalue weighted by molar-refractivity contribution is -0.150. The van der Waals surface area contributed by atoms with Crippen molar-refractivity contribution in [2.75, 3.05) is 13.2 Å². The molecule has 0 bridgehead atoms. The number of aliphatic hydroxyl groups excluding tert-OH is 1. The summed E-state index contributed by atoms with van der Waals surface area (Å²) < 4.78 is 10.6. The number of nitrogens with zero attached hydrogens (tertiary/aromatic N) is 1. The van der Waals surface area contributed by atoms with Crippen molar-refractivity contribution < 1.29 is 33.8 Å². The first-order valence-electron chi connectivity index (χ1n) is 12.6. The molecular formula is C25H39N3O7. The quantitative estimate of drug-likeness (QED) is 0.403. The van der Waals surface area contributed by atoms with Crippen LogP contribution in [0.15, 0.2) is 12.2 Å². The summed E-state index contributed by atoms with van der Waals surface area (Å²) in [5, 5.41) is 15.8. The third-order valence-electron chi connectivity index (χ3n) is 6.59. The molecule has 2 aliphatic heterocycles. The largest absolute Gasteiger partial charge is 0.464 e. The molecule has 1 unspecified atom stereocenters. The molecule has 0 aromatic rings. The highest BCUT2D eigenvalue weighted by Crippen LogP contribution is 2.46. The summed E-state index contributed by atoms with van der Waals surface area (Å²) in [4.78, 5) is 53.4. The van der Waals surface area contributed by atoms with Gasteiger partial charge >= 0.3 is 12.1 Å². The van der Waals surface area contributed by atoms with Crippen molar-refractivity contribution in [1.29, 1.82) is 0 Å². The summed E-state index contributed by atoms with van der Waals surface area (Å²) in [5.74, 6) is -1.62. The molecule has 1 saturated heterocycles. The number of amides is 3. The van der Waals surface area contributed by atoms with Crippen molar-refractivity contribution in [3.8, 4) is 0 Å². The van der Waals surface area contributed by atoms with Crippen LogP contribution in [0.25, 0.3) is 0 Å². The number of alkyl carbamates (subject to hydrolysis) is 1. The number of allylic oxidation sites excluding steroid dienone is 1. The van der Waals surface area contributed by atoms with E-state index in [0.717, 1.165) is 19.3 Å². The molecule has 0 aromatic heterocycles. The minimum absolute atomic E-state index is 0.0286. The van der Waals surface area contributed by atoms with Crippen LogP contribution < -0.4 is 10.6 Å². The first kappa shape index (κ1) is 27.0. The monoisotopic (exact) mass is 493 g/mol. The van der Waals surface area contributed by atoms with Gasteiger partial charge in [0.2, 0.25) is 11.8 Å². The van der Waals surface area contributed by atoms with E-state index >= 15 is 0 Å². The maximum atomic E-state index is 13.5. The minimum atomic E-state index is -1.15. The lowest BCUT2D eigenvalue weighted by Crippen LogP contribution is -2.56. The van der Waals surface area contributed by atoms with Gasteiger partial charge in [-0.1, -0.05) is 25.0 Å². The second-order valence-corrected chi connectivity index (χ2v) is 10.7. The van der Waals surface area contributed by atoms with Crippen LogP contribution in [0.3, 0.4) is 0 Å². The molecule has 1 aliphatic carbocycles. The van der Waals surface area contributed by atoms with Gasteiger partial charge in [0.15, 0.2) is 0 Å². The van der Waals surface area contributed by atoms with E-state index < -0.39 is 53.2 Å². The Labute approximate surface area is 206 Å². The highest BCUT2D eigenvalue weighted by atomic mass is 16.6. The fourth-order valence-electron chi connectivity index (χ4n) is 4.77. The Morgan fingerprint density at radius 3 is 2.69 bits per heavy atom. The number of carbonyl (C=O) groups excluding carboxylic acids is 4. The molecule has 0 radical (unpaired) electrons. The summed E-state index contributed by atoms with van der Waals surface area (Å²) in [6.07, 6.45) is 6.49. The molecular weight excluding hydrogens is 454 g/mol. The van der Waals surface area contributed by atoms with Crippen molar-refractivity contribution >= 4 is 23.9 Å². The van der Waals surface area contributed by atoms with E-state index in [9.17, 15) is 24.3 Å². The van der Waals surface area contributed by atoms with Crippen molar-refractivity contribution in [3.63, 3.8) is 0 Å². The van der Waals surface area contributed by atoms with Crippen LogP contribution in [-0.2, 0) is 23.9 Å². The Hall–Kier alpha value is -2.62. The van der Waals surface area contributed by atoms with Crippen LogP contribution in [0.2, 0.25) is 0 Å². The van der Waals surface area contributed by atoms with Crippen LogP contribution >= 0.6 is 0 Å². The van der Waals surface area contributed by atoms with Gasteiger partial charge < -0.3 is 30.1 Å². The van der Waals surface area contributed by atoms with Crippen LogP contribution in [-0.4, -0.2) is 76.4 Å². The topological polar surface area (TPSA) is 134 Å². The SMILES string of the molecule is CCOC(=O)[C@@]12C[C@H]1/C=C\CCCCC[C@H](NC(=O)OC(C)(C)C)C(=O)N1C[C@H](O)CC1C(=O)N2. The number of aliphatic hydroxyl groups is 1. The smallest absolute Gasteiger partial charge is 0.408 e. The van der Waals surface area contributed by atoms with E-state index in [0.29, 0.717) is 19.3 Å². The predicted octanol–water partition coefficient (Wildman–Crippen LogP) is 1.80. The van der Waals surface area contributed by atoms with Gasteiger partial charge in [0.1, 0.15) is 23.2 Å². The first-order valence-corrected chi connectivity index (χ1v) is 12.6. The summed E-state index contributed by atoms with van der Waals surface area (Å²) in [7, 11) is 0. The molecule has 3 rings (SSSR count). The molecule has 10 heteroatoms. The van der Waals surface area contributed by atoms with E-state index in [1.165, 1.54) is 4.90 Å². The average molecular weight is 494 g/mol. The van der Waals surface area contributed by atoms with E-state index in [4.69, 9.17) is 9.47 Å². The Bertz CT molecular complexity index is 852. The Morgan fingerprint density at radius 1 is 1.26 bits per heavy atom. The van der Waals surface area contributed by atoms with Gasteiger partial charge in [-0.25, -0.2) is 9.59 Å². The van der Waals surface area contributed by atoms with Crippen LogP contribution in [0.4, 0.5) is 4.79 Å². The van der Waals surface area contributed by atoms with Crippen molar-refractivity contribution in [3.05, 3.63) is 12.2 Å². The second kappa shape index (κ2) is 11.0. The zero-order valence-corrected chi connectivity index (χ0v) is 21.2. The minimum Gasteiger partial charge on any atom is -0.464 e. The van der Waals surface area contributed by atoms with Gasteiger partial charge in [0.05, 0.1) is 12.7 Å². The lowest BCUT2D eigenvalue weighted by atomic mass is 10.0. The molecule has 3 N–H and O–H groups in total. The fourth-order valence-corrected chi connectivity index (χ4v) is 4.77. The van der Waals surface area contributed by atoms with Gasteiger partial charge in [-0.05, 0) is 53.4 Å². The number of nitrogens with one attached hydrogen (secondary N) is 2. The summed E-state index contributed by atoms with van der Waals surface area (Å²) in [6.45, 7) is 7.08.